The van der Waals surface area contributed by atoms with Crippen LogP contribution in [0.4, 0.5) is 0 Å². The molecule has 0 spiro atoms. The molecule has 0 bridgehead atoms. The lowest BCUT2D eigenvalue weighted by Crippen LogP contribution is -2.28. The molecule has 44 heavy (non-hydrogen) atoms. The highest BCUT2D eigenvalue weighted by molar-refractivity contribution is 5.70. The fraction of sp³-hybridized carbons (Fsp3) is 0.846. The SMILES string of the molecule is CCCC/C=C\CCCCCCCC(=O)OC[C@H](CO)OC(=O)CCCCCCCCC/C=C\CCCCCCCCCC. The van der Waals surface area contributed by atoms with Crippen molar-refractivity contribution >= 4 is 11.9 Å². The predicted molar refractivity (Wildman–Crippen MR) is 187 cm³/mol. The van der Waals surface area contributed by atoms with E-state index in [2.05, 4.69) is 38.2 Å². The van der Waals surface area contributed by atoms with Gasteiger partial charge in [0.15, 0.2) is 6.10 Å². The Bertz CT molecular complexity index is 671. The van der Waals surface area contributed by atoms with E-state index in [1.54, 1.807) is 0 Å². The van der Waals surface area contributed by atoms with E-state index in [4.69, 9.17) is 9.47 Å². The van der Waals surface area contributed by atoms with E-state index < -0.39 is 6.10 Å². The number of ether oxygens (including phenoxy) is 2. The summed E-state index contributed by atoms with van der Waals surface area (Å²) in [7, 11) is 0. The number of aliphatic hydroxyl groups is 1. The van der Waals surface area contributed by atoms with E-state index in [-0.39, 0.29) is 25.2 Å². The molecule has 0 amide bonds. The number of rotatable bonds is 34. The Hall–Kier alpha value is -1.62. The standard InChI is InChI=1S/C39H72O5/c1-3-5-7-9-11-13-15-16-17-18-19-20-21-22-24-26-28-30-32-34-39(42)44-37(35-40)36-43-38(41)33-31-29-27-25-23-14-12-10-8-6-4-2/h10,12,18-19,37,40H,3-9,11,13-17,20-36H2,1-2H3/b12-10-,19-18-/t37-/m0/s1. The summed E-state index contributed by atoms with van der Waals surface area (Å²) in [6.45, 7) is 4.09. The third-order valence-corrected chi connectivity index (χ3v) is 8.22. The van der Waals surface area contributed by atoms with Gasteiger partial charge in [0.1, 0.15) is 6.61 Å². The summed E-state index contributed by atoms with van der Waals surface area (Å²) in [6.07, 6.45) is 40.9. The molecule has 0 aromatic carbocycles. The maximum Gasteiger partial charge on any atom is 0.306 e. The second-order valence-electron chi connectivity index (χ2n) is 12.6. The average Bonchev–Trinajstić information content (AvgIpc) is 3.02. The number of carbonyl (C=O) groups is 2. The number of hydrogen-bond donors (Lipinski definition) is 1. The quantitative estimate of drug-likeness (QED) is 0.0440. The first kappa shape index (κ1) is 42.4. The molecule has 1 N–H and O–H groups in total. The molecule has 0 saturated heterocycles. The molecule has 0 fully saturated rings. The van der Waals surface area contributed by atoms with Crippen molar-refractivity contribution in [3.8, 4) is 0 Å². The summed E-state index contributed by atoms with van der Waals surface area (Å²) >= 11 is 0. The topological polar surface area (TPSA) is 72.8 Å². The first-order valence-corrected chi connectivity index (χ1v) is 18.9. The molecular formula is C39H72O5. The normalized spacial score (nSPS) is 12.3. The molecule has 258 valence electrons. The third kappa shape index (κ3) is 33.3. The highest BCUT2D eigenvalue weighted by Crippen LogP contribution is 2.13. The molecule has 0 aliphatic carbocycles. The highest BCUT2D eigenvalue weighted by Gasteiger charge is 2.16. The molecule has 1 atom stereocenters. The Labute approximate surface area is 273 Å². The summed E-state index contributed by atoms with van der Waals surface area (Å²) in [4.78, 5) is 24.2. The molecule has 0 unspecified atom stereocenters. The first-order chi connectivity index (χ1) is 21.6. The van der Waals surface area contributed by atoms with Gasteiger partial charge >= 0.3 is 11.9 Å². The zero-order valence-electron chi connectivity index (χ0n) is 29.2. The van der Waals surface area contributed by atoms with Crippen LogP contribution < -0.4 is 0 Å². The molecule has 0 aliphatic heterocycles. The smallest absolute Gasteiger partial charge is 0.306 e. The van der Waals surface area contributed by atoms with Gasteiger partial charge in [0.25, 0.3) is 0 Å². The molecule has 0 heterocycles. The number of allylic oxidation sites excluding steroid dienone is 4. The van der Waals surface area contributed by atoms with Crippen LogP contribution in [-0.2, 0) is 19.1 Å². The minimum atomic E-state index is -0.772. The van der Waals surface area contributed by atoms with Gasteiger partial charge in [-0.1, -0.05) is 147 Å². The van der Waals surface area contributed by atoms with Crippen LogP contribution in [-0.4, -0.2) is 36.4 Å². The monoisotopic (exact) mass is 621 g/mol. The Balaban J connectivity index is 3.54. The Kier molecular flexibility index (Phi) is 34.5. The molecule has 0 aromatic heterocycles. The molecule has 0 radical (unpaired) electrons. The van der Waals surface area contributed by atoms with Crippen molar-refractivity contribution in [2.24, 2.45) is 0 Å². The van der Waals surface area contributed by atoms with Crippen molar-refractivity contribution in [1.82, 2.24) is 0 Å². The maximum atomic E-state index is 12.1. The van der Waals surface area contributed by atoms with Crippen molar-refractivity contribution < 1.29 is 24.2 Å². The fourth-order valence-electron chi connectivity index (χ4n) is 5.29. The van der Waals surface area contributed by atoms with Crippen molar-refractivity contribution in [3.63, 3.8) is 0 Å². The van der Waals surface area contributed by atoms with E-state index in [9.17, 15) is 14.7 Å². The first-order valence-electron chi connectivity index (χ1n) is 18.9. The van der Waals surface area contributed by atoms with Gasteiger partial charge in [-0.25, -0.2) is 0 Å². The van der Waals surface area contributed by atoms with Gasteiger partial charge < -0.3 is 14.6 Å². The van der Waals surface area contributed by atoms with Crippen LogP contribution in [0.5, 0.6) is 0 Å². The highest BCUT2D eigenvalue weighted by atomic mass is 16.6. The van der Waals surface area contributed by atoms with Crippen LogP contribution in [0.15, 0.2) is 24.3 Å². The van der Waals surface area contributed by atoms with Crippen LogP contribution in [0.2, 0.25) is 0 Å². The molecule has 0 rings (SSSR count). The van der Waals surface area contributed by atoms with Gasteiger partial charge in [0.05, 0.1) is 6.61 Å². The summed E-state index contributed by atoms with van der Waals surface area (Å²) in [5, 5.41) is 9.52. The lowest BCUT2D eigenvalue weighted by atomic mass is 10.1. The number of carbonyl (C=O) groups excluding carboxylic acids is 2. The summed E-state index contributed by atoms with van der Waals surface area (Å²) in [5.41, 5.74) is 0. The molecule has 0 aromatic rings. The van der Waals surface area contributed by atoms with Crippen LogP contribution in [0.25, 0.3) is 0 Å². The van der Waals surface area contributed by atoms with Gasteiger partial charge in [-0.15, -0.1) is 0 Å². The summed E-state index contributed by atoms with van der Waals surface area (Å²) in [6, 6.07) is 0. The Morgan fingerprint density at radius 3 is 1.30 bits per heavy atom. The number of unbranched alkanes of at least 4 members (excludes halogenated alkanes) is 22. The van der Waals surface area contributed by atoms with Gasteiger partial charge in [0.2, 0.25) is 0 Å². The summed E-state index contributed by atoms with van der Waals surface area (Å²) < 4.78 is 10.6. The second kappa shape index (κ2) is 35.9. The van der Waals surface area contributed by atoms with Crippen LogP contribution in [0, 0.1) is 0 Å². The predicted octanol–water partition coefficient (Wildman–Crippen LogP) is 11.5. The van der Waals surface area contributed by atoms with E-state index >= 15 is 0 Å². The summed E-state index contributed by atoms with van der Waals surface area (Å²) in [5.74, 6) is -0.604. The van der Waals surface area contributed by atoms with Gasteiger partial charge in [-0.2, -0.15) is 0 Å². The van der Waals surface area contributed by atoms with E-state index in [0.29, 0.717) is 12.8 Å². The van der Waals surface area contributed by atoms with Crippen LogP contribution in [0.1, 0.15) is 194 Å². The van der Waals surface area contributed by atoms with Crippen LogP contribution >= 0.6 is 0 Å². The maximum absolute atomic E-state index is 12.1. The van der Waals surface area contributed by atoms with Crippen molar-refractivity contribution in [1.29, 1.82) is 0 Å². The molecule has 0 aliphatic rings. The van der Waals surface area contributed by atoms with Gasteiger partial charge in [0, 0.05) is 12.8 Å². The molecular weight excluding hydrogens is 548 g/mol. The van der Waals surface area contributed by atoms with E-state index in [0.717, 1.165) is 44.9 Å². The Morgan fingerprint density at radius 1 is 0.500 bits per heavy atom. The number of aliphatic hydroxyl groups excluding tert-OH is 1. The zero-order chi connectivity index (χ0) is 32.2. The van der Waals surface area contributed by atoms with E-state index in [1.807, 2.05) is 0 Å². The van der Waals surface area contributed by atoms with Gasteiger partial charge in [-0.05, 0) is 57.8 Å². The van der Waals surface area contributed by atoms with Crippen LogP contribution in [0.3, 0.4) is 0 Å². The fourth-order valence-corrected chi connectivity index (χ4v) is 5.29. The lowest BCUT2D eigenvalue weighted by molar-refractivity contribution is -0.161. The zero-order valence-corrected chi connectivity index (χ0v) is 29.2. The number of esters is 2. The van der Waals surface area contributed by atoms with Crippen molar-refractivity contribution in [2.45, 2.75) is 200 Å². The lowest BCUT2D eigenvalue weighted by Gasteiger charge is -2.15. The van der Waals surface area contributed by atoms with Crippen molar-refractivity contribution in [2.75, 3.05) is 13.2 Å². The van der Waals surface area contributed by atoms with E-state index in [1.165, 1.54) is 122 Å². The molecule has 0 saturated carbocycles. The Morgan fingerprint density at radius 2 is 0.864 bits per heavy atom. The van der Waals surface area contributed by atoms with Gasteiger partial charge in [-0.3, -0.25) is 9.59 Å². The minimum Gasteiger partial charge on any atom is -0.462 e. The average molecular weight is 621 g/mol. The molecule has 5 heteroatoms. The number of hydrogen-bond acceptors (Lipinski definition) is 5. The largest absolute Gasteiger partial charge is 0.462 e. The second-order valence-corrected chi connectivity index (χ2v) is 12.6. The van der Waals surface area contributed by atoms with Crippen molar-refractivity contribution in [3.05, 3.63) is 24.3 Å². The minimum absolute atomic E-state index is 0.0696. The molecule has 5 nitrogen and oxygen atoms in total. The third-order valence-electron chi connectivity index (χ3n) is 8.22.